The average molecular weight is 229 g/mol. The van der Waals surface area contributed by atoms with Gasteiger partial charge in [0, 0.05) is 18.0 Å². The molecule has 76 valence electrons. The summed E-state index contributed by atoms with van der Waals surface area (Å²) in [4.78, 5) is 3.37. The molecule has 0 N–H and O–H groups in total. The van der Waals surface area contributed by atoms with Crippen molar-refractivity contribution < 1.29 is 0 Å². The van der Waals surface area contributed by atoms with Crippen LogP contribution in [-0.4, -0.2) is 18.5 Å². The summed E-state index contributed by atoms with van der Waals surface area (Å²) >= 11 is 7.42. The smallest absolute Gasteiger partial charge is 0.0931 e. The van der Waals surface area contributed by atoms with Gasteiger partial charge in [0.15, 0.2) is 0 Å². The summed E-state index contributed by atoms with van der Waals surface area (Å²) in [5.74, 6) is 0.0791. The molecule has 2 nitrogen and oxygen atoms in total. The second-order valence-electron chi connectivity index (χ2n) is 3.43. The fourth-order valence-corrected chi connectivity index (χ4v) is 2.44. The Kier molecular flexibility index (Phi) is 4.40. The van der Waals surface area contributed by atoms with E-state index < -0.39 is 0 Å². The standard InChI is InChI=1S/C10H13ClN2S/c1-8(5-12)6-13(2)7-9-3-4-10(11)14-9/h3-4,8H,6-7H2,1-2H3. The maximum absolute atomic E-state index is 8.66. The van der Waals surface area contributed by atoms with Gasteiger partial charge in [0.2, 0.25) is 0 Å². The molecule has 1 aromatic rings. The van der Waals surface area contributed by atoms with E-state index in [1.54, 1.807) is 11.3 Å². The lowest BCUT2D eigenvalue weighted by atomic mass is 10.2. The van der Waals surface area contributed by atoms with Gasteiger partial charge in [0.25, 0.3) is 0 Å². The minimum absolute atomic E-state index is 0.0791. The van der Waals surface area contributed by atoms with Crippen molar-refractivity contribution >= 4 is 22.9 Å². The van der Waals surface area contributed by atoms with Gasteiger partial charge in [0.1, 0.15) is 0 Å². The zero-order chi connectivity index (χ0) is 10.6. The maximum Gasteiger partial charge on any atom is 0.0931 e. The van der Waals surface area contributed by atoms with Crippen molar-refractivity contribution in [3.05, 3.63) is 21.3 Å². The van der Waals surface area contributed by atoms with E-state index >= 15 is 0 Å². The fraction of sp³-hybridized carbons (Fsp3) is 0.500. The third kappa shape index (κ3) is 3.67. The molecule has 0 aliphatic rings. The van der Waals surface area contributed by atoms with E-state index in [1.807, 2.05) is 26.1 Å². The van der Waals surface area contributed by atoms with Crippen LogP contribution in [0.2, 0.25) is 4.34 Å². The summed E-state index contributed by atoms with van der Waals surface area (Å²) in [6, 6.07) is 6.16. The van der Waals surface area contributed by atoms with E-state index in [4.69, 9.17) is 16.9 Å². The van der Waals surface area contributed by atoms with E-state index in [0.29, 0.717) is 0 Å². The zero-order valence-electron chi connectivity index (χ0n) is 8.33. The van der Waals surface area contributed by atoms with Crippen molar-refractivity contribution in [1.29, 1.82) is 5.26 Å². The fourth-order valence-electron chi connectivity index (χ4n) is 1.28. The number of nitriles is 1. The van der Waals surface area contributed by atoms with Crippen LogP contribution in [0.4, 0.5) is 0 Å². The van der Waals surface area contributed by atoms with Crippen LogP contribution >= 0.6 is 22.9 Å². The van der Waals surface area contributed by atoms with E-state index in [0.717, 1.165) is 17.4 Å². The summed E-state index contributed by atoms with van der Waals surface area (Å²) in [6.45, 7) is 3.59. The van der Waals surface area contributed by atoms with Gasteiger partial charge in [-0.2, -0.15) is 5.26 Å². The Morgan fingerprint density at radius 2 is 2.36 bits per heavy atom. The molecule has 0 amide bonds. The first-order valence-corrected chi connectivity index (χ1v) is 5.63. The highest BCUT2D eigenvalue weighted by molar-refractivity contribution is 7.16. The molecule has 0 bridgehead atoms. The Balaban J connectivity index is 2.42. The summed E-state index contributed by atoms with van der Waals surface area (Å²) in [6.07, 6.45) is 0. The van der Waals surface area contributed by atoms with E-state index in [9.17, 15) is 0 Å². The van der Waals surface area contributed by atoms with Crippen LogP contribution in [0.3, 0.4) is 0 Å². The molecule has 0 aliphatic carbocycles. The molecule has 0 fully saturated rings. The van der Waals surface area contributed by atoms with Crippen molar-refractivity contribution in [1.82, 2.24) is 4.90 Å². The van der Waals surface area contributed by atoms with Crippen LogP contribution in [0.15, 0.2) is 12.1 Å². The predicted molar refractivity (Wildman–Crippen MR) is 60.4 cm³/mol. The Morgan fingerprint density at radius 3 is 2.86 bits per heavy atom. The minimum Gasteiger partial charge on any atom is -0.300 e. The average Bonchev–Trinajstić information content (AvgIpc) is 2.50. The maximum atomic E-state index is 8.66. The zero-order valence-corrected chi connectivity index (χ0v) is 9.90. The highest BCUT2D eigenvalue weighted by Crippen LogP contribution is 2.22. The Bertz CT molecular complexity index is 329. The first kappa shape index (κ1) is 11.5. The second kappa shape index (κ2) is 5.35. The molecule has 0 aromatic carbocycles. The highest BCUT2D eigenvalue weighted by Gasteiger charge is 2.06. The van der Waals surface area contributed by atoms with E-state index in [2.05, 4.69) is 11.0 Å². The second-order valence-corrected chi connectivity index (χ2v) is 5.23. The first-order chi connectivity index (χ1) is 6.61. The van der Waals surface area contributed by atoms with E-state index in [1.165, 1.54) is 4.88 Å². The summed E-state index contributed by atoms with van der Waals surface area (Å²) in [5.41, 5.74) is 0. The van der Waals surface area contributed by atoms with Crippen LogP contribution in [0.5, 0.6) is 0 Å². The molecule has 1 heterocycles. The number of nitrogens with zero attached hydrogens (tertiary/aromatic N) is 2. The molecule has 0 radical (unpaired) electrons. The van der Waals surface area contributed by atoms with Gasteiger partial charge in [-0.05, 0) is 26.1 Å². The molecule has 0 saturated heterocycles. The summed E-state index contributed by atoms with van der Waals surface area (Å²) in [5, 5.41) is 8.66. The molecule has 0 aliphatic heterocycles. The van der Waals surface area contributed by atoms with Gasteiger partial charge in [-0.1, -0.05) is 11.6 Å². The Morgan fingerprint density at radius 1 is 1.64 bits per heavy atom. The van der Waals surface area contributed by atoms with E-state index in [-0.39, 0.29) is 5.92 Å². The van der Waals surface area contributed by atoms with Crippen molar-refractivity contribution in [3.63, 3.8) is 0 Å². The Labute approximate surface area is 93.7 Å². The summed E-state index contributed by atoms with van der Waals surface area (Å²) < 4.78 is 0.821. The van der Waals surface area contributed by atoms with Crippen molar-refractivity contribution in [2.75, 3.05) is 13.6 Å². The summed E-state index contributed by atoms with van der Waals surface area (Å²) in [7, 11) is 2.02. The molecular weight excluding hydrogens is 216 g/mol. The number of hydrogen-bond acceptors (Lipinski definition) is 3. The number of halogens is 1. The van der Waals surface area contributed by atoms with Crippen LogP contribution in [0.25, 0.3) is 0 Å². The van der Waals surface area contributed by atoms with Crippen molar-refractivity contribution in [3.8, 4) is 6.07 Å². The molecule has 1 aromatic heterocycles. The number of thiophene rings is 1. The van der Waals surface area contributed by atoms with Crippen molar-refractivity contribution in [2.45, 2.75) is 13.5 Å². The molecule has 1 atom stereocenters. The SMILES string of the molecule is CC(C#N)CN(C)Cc1ccc(Cl)s1. The lowest BCUT2D eigenvalue weighted by Crippen LogP contribution is -2.22. The third-order valence-corrected chi connectivity index (χ3v) is 3.08. The molecule has 0 spiro atoms. The lowest BCUT2D eigenvalue weighted by molar-refractivity contribution is 0.305. The topological polar surface area (TPSA) is 27.0 Å². The molecule has 1 rings (SSSR count). The normalized spacial score (nSPS) is 12.8. The van der Waals surface area contributed by atoms with Gasteiger partial charge in [-0.3, -0.25) is 0 Å². The molecule has 0 saturated carbocycles. The van der Waals surface area contributed by atoms with Crippen LogP contribution in [0.1, 0.15) is 11.8 Å². The first-order valence-electron chi connectivity index (χ1n) is 4.44. The highest BCUT2D eigenvalue weighted by atomic mass is 35.5. The number of rotatable bonds is 4. The van der Waals surface area contributed by atoms with Crippen LogP contribution in [0, 0.1) is 17.2 Å². The minimum atomic E-state index is 0.0791. The quantitative estimate of drug-likeness (QED) is 0.792. The Hall–Kier alpha value is -0.560. The number of hydrogen-bond donors (Lipinski definition) is 0. The predicted octanol–water partition coefficient (Wildman–Crippen LogP) is 2.99. The lowest BCUT2D eigenvalue weighted by Gasteiger charge is -2.16. The van der Waals surface area contributed by atoms with Crippen molar-refractivity contribution in [2.24, 2.45) is 5.92 Å². The molecule has 4 heteroatoms. The molecular formula is C10H13ClN2S. The molecule has 14 heavy (non-hydrogen) atoms. The monoisotopic (exact) mass is 228 g/mol. The van der Waals surface area contributed by atoms with Gasteiger partial charge >= 0.3 is 0 Å². The van der Waals surface area contributed by atoms with Gasteiger partial charge < -0.3 is 4.90 Å². The van der Waals surface area contributed by atoms with Crippen LogP contribution < -0.4 is 0 Å². The molecule has 1 unspecified atom stereocenters. The van der Waals surface area contributed by atoms with Gasteiger partial charge in [0.05, 0.1) is 16.3 Å². The van der Waals surface area contributed by atoms with Gasteiger partial charge in [-0.15, -0.1) is 11.3 Å². The van der Waals surface area contributed by atoms with Gasteiger partial charge in [-0.25, -0.2) is 0 Å². The third-order valence-electron chi connectivity index (χ3n) is 1.86. The van der Waals surface area contributed by atoms with Crippen LogP contribution in [-0.2, 0) is 6.54 Å². The largest absolute Gasteiger partial charge is 0.300 e.